The first kappa shape index (κ1) is 10.1. The molecule has 0 aromatic carbocycles. The third kappa shape index (κ3) is 2.03. The zero-order valence-corrected chi connectivity index (χ0v) is 7.37. The van der Waals surface area contributed by atoms with E-state index in [1.54, 1.807) is 0 Å². The highest BCUT2D eigenvalue weighted by molar-refractivity contribution is 6.31. The van der Waals surface area contributed by atoms with Crippen molar-refractivity contribution in [1.82, 2.24) is 4.98 Å². The largest absolute Gasteiger partial charge is 0.434 e. The van der Waals surface area contributed by atoms with E-state index >= 15 is 0 Å². The van der Waals surface area contributed by atoms with Crippen molar-refractivity contribution in [2.75, 3.05) is 5.73 Å². The van der Waals surface area contributed by atoms with Gasteiger partial charge in [0, 0.05) is 0 Å². The van der Waals surface area contributed by atoms with Gasteiger partial charge in [0.25, 0.3) is 0 Å². The molecule has 0 saturated heterocycles. The van der Waals surface area contributed by atoms with E-state index in [0.29, 0.717) is 0 Å². The van der Waals surface area contributed by atoms with Gasteiger partial charge in [-0.25, -0.2) is 4.98 Å². The van der Waals surface area contributed by atoms with Gasteiger partial charge in [0.05, 0.1) is 16.4 Å². The summed E-state index contributed by atoms with van der Waals surface area (Å²) in [5.74, 6) is 0. The lowest BCUT2D eigenvalue weighted by Gasteiger charge is -2.09. The quantitative estimate of drug-likeness (QED) is 0.715. The highest BCUT2D eigenvalue weighted by atomic mass is 35.5. The van der Waals surface area contributed by atoms with Gasteiger partial charge >= 0.3 is 6.18 Å². The van der Waals surface area contributed by atoms with Crippen LogP contribution in [-0.4, -0.2) is 4.98 Å². The van der Waals surface area contributed by atoms with Gasteiger partial charge in [-0.3, -0.25) is 0 Å². The Morgan fingerprint density at radius 1 is 1.46 bits per heavy atom. The number of rotatable bonds is 0. The molecule has 1 heterocycles. The van der Waals surface area contributed by atoms with Crippen LogP contribution in [0.1, 0.15) is 11.4 Å². The minimum Gasteiger partial charge on any atom is -0.397 e. The molecule has 0 saturated carbocycles. The number of nitrogens with two attached hydrogens (primary N) is 1. The molecule has 0 aliphatic heterocycles. The maximum absolute atomic E-state index is 12.2. The van der Waals surface area contributed by atoms with Crippen LogP contribution in [-0.2, 0) is 6.18 Å². The van der Waals surface area contributed by atoms with Crippen LogP contribution in [0, 0.1) is 6.92 Å². The normalized spacial score (nSPS) is 11.8. The molecule has 0 fully saturated rings. The monoisotopic (exact) mass is 210 g/mol. The van der Waals surface area contributed by atoms with E-state index in [9.17, 15) is 13.2 Å². The Balaban J connectivity index is 3.32. The number of anilines is 1. The van der Waals surface area contributed by atoms with Crippen molar-refractivity contribution in [3.8, 4) is 0 Å². The van der Waals surface area contributed by atoms with Gasteiger partial charge in [-0.2, -0.15) is 13.2 Å². The molecule has 13 heavy (non-hydrogen) atoms. The second kappa shape index (κ2) is 3.06. The molecule has 1 aromatic heterocycles. The highest BCUT2D eigenvalue weighted by Crippen LogP contribution is 2.34. The molecule has 0 amide bonds. The Kier molecular flexibility index (Phi) is 2.38. The molecule has 72 valence electrons. The fourth-order valence-corrected chi connectivity index (χ4v) is 1.06. The maximum Gasteiger partial charge on any atom is 0.434 e. The van der Waals surface area contributed by atoms with Crippen LogP contribution in [0.25, 0.3) is 0 Å². The van der Waals surface area contributed by atoms with Gasteiger partial charge in [0.1, 0.15) is 0 Å². The Morgan fingerprint density at radius 3 is 2.46 bits per heavy atom. The smallest absolute Gasteiger partial charge is 0.397 e. The fourth-order valence-electron chi connectivity index (χ4n) is 0.794. The second-order valence-corrected chi connectivity index (χ2v) is 2.90. The number of pyridine rings is 1. The summed E-state index contributed by atoms with van der Waals surface area (Å²) in [6, 6.07) is 1.05. The molecule has 0 unspecified atom stereocenters. The molecule has 0 aliphatic rings. The van der Waals surface area contributed by atoms with Crippen molar-refractivity contribution in [3.63, 3.8) is 0 Å². The number of aromatic nitrogens is 1. The lowest BCUT2D eigenvalue weighted by molar-refractivity contribution is -0.141. The van der Waals surface area contributed by atoms with Crippen molar-refractivity contribution >= 4 is 17.3 Å². The third-order valence-electron chi connectivity index (χ3n) is 1.47. The SMILES string of the molecule is Cc1nc(C(F)(F)F)c(Cl)cc1N. The number of halogens is 4. The number of hydrogen-bond acceptors (Lipinski definition) is 2. The number of nitrogens with zero attached hydrogens (tertiary/aromatic N) is 1. The van der Waals surface area contributed by atoms with Gasteiger partial charge in [0.15, 0.2) is 5.69 Å². The van der Waals surface area contributed by atoms with Crippen LogP contribution in [0.15, 0.2) is 6.07 Å². The minimum atomic E-state index is -4.53. The van der Waals surface area contributed by atoms with Crippen LogP contribution < -0.4 is 5.73 Å². The third-order valence-corrected chi connectivity index (χ3v) is 1.76. The van der Waals surface area contributed by atoms with Crippen molar-refractivity contribution < 1.29 is 13.2 Å². The van der Waals surface area contributed by atoms with Crippen LogP contribution in [0.3, 0.4) is 0 Å². The molecule has 2 N–H and O–H groups in total. The Bertz CT molecular complexity index is 335. The van der Waals surface area contributed by atoms with Crippen molar-refractivity contribution in [2.24, 2.45) is 0 Å². The average Bonchev–Trinajstić information content (AvgIpc) is 1.94. The number of alkyl halides is 3. The molecule has 0 bridgehead atoms. The zero-order valence-electron chi connectivity index (χ0n) is 6.61. The van der Waals surface area contributed by atoms with E-state index in [2.05, 4.69) is 4.98 Å². The Hall–Kier alpha value is -0.970. The van der Waals surface area contributed by atoms with E-state index in [0.717, 1.165) is 6.07 Å². The van der Waals surface area contributed by atoms with Crippen molar-refractivity contribution in [2.45, 2.75) is 13.1 Å². The van der Waals surface area contributed by atoms with Crippen LogP contribution in [0.2, 0.25) is 5.02 Å². The number of aryl methyl sites for hydroxylation is 1. The molecule has 0 atom stereocenters. The molecule has 0 spiro atoms. The van der Waals surface area contributed by atoms with Crippen LogP contribution in [0.4, 0.5) is 18.9 Å². The maximum atomic E-state index is 12.2. The van der Waals surface area contributed by atoms with Crippen molar-refractivity contribution in [1.29, 1.82) is 0 Å². The molecule has 0 aliphatic carbocycles. The summed E-state index contributed by atoms with van der Waals surface area (Å²) in [4.78, 5) is 3.26. The van der Waals surface area contributed by atoms with Gasteiger partial charge in [0.2, 0.25) is 0 Å². The van der Waals surface area contributed by atoms with Crippen molar-refractivity contribution in [3.05, 3.63) is 22.5 Å². The van der Waals surface area contributed by atoms with E-state index in [4.69, 9.17) is 17.3 Å². The fraction of sp³-hybridized carbons (Fsp3) is 0.286. The topological polar surface area (TPSA) is 38.9 Å². The summed E-state index contributed by atoms with van der Waals surface area (Å²) in [6.45, 7) is 1.39. The zero-order chi connectivity index (χ0) is 10.2. The first-order chi connectivity index (χ1) is 5.82. The average molecular weight is 211 g/mol. The summed E-state index contributed by atoms with van der Waals surface area (Å²) in [5.41, 5.74) is 4.50. The number of nitrogen functional groups attached to an aromatic ring is 1. The molecule has 1 aromatic rings. The van der Waals surface area contributed by atoms with Gasteiger partial charge in [-0.05, 0) is 13.0 Å². The van der Waals surface area contributed by atoms with E-state index in [-0.39, 0.29) is 11.4 Å². The summed E-state index contributed by atoms with van der Waals surface area (Å²) in [5, 5.41) is -0.476. The first-order valence-corrected chi connectivity index (χ1v) is 3.70. The van der Waals surface area contributed by atoms with Gasteiger partial charge in [-0.1, -0.05) is 11.6 Å². The standard InChI is InChI=1S/C7H6ClF3N2/c1-3-5(12)2-4(8)6(13-3)7(9,10)11/h2H,12H2,1H3. The lowest BCUT2D eigenvalue weighted by Crippen LogP contribution is -2.10. The molecule has 1 rings (SSSR count). The molecule has 2 nitrogen and oxygen atoms in total. The molecule has 0 radical (unpaired) electrons. The van der Waals surface area contributed by atoms with E-state index in [1.807, 2.05) is 0 Å². The Morgan fingerprint density at radius 2 is 2.00 bits per heavy atom. The summed E-state index contributed by atoms with van der Waals surface area (Å²) >= 11 is 5.32. The molecular weight excluding hydrogens is 205 g/mol. The first-order valence-electron chi connectivity index (χ1n) is 3.32. The minimum absolute atomic E-state index is 0.122. The summed E-state index contributed by atoms with van der Waals surface area (Å²) in [7, 11) is 0. The van der Waals surface area contributed by atoms with E-state index in [1.165, 1.54) is 6.92 Å². The van der Waals surface area contributed by atoms with Crippen LogP contribution in [0.5, 0.6) is 0 Å². The lowest BCUT2D eigenvalue weighted by atomic mass is 10.2. The van der Waals surface area contributed by atoms with Gasteiger partial charge in [-0.15, -0.1) is 0 Å². The molecule has 6 heteroatoms. The number of hydrogen-bond donors (Lipinski definition) is 1. The Labute approximate surface area is 77.5 Å². The predicted octanol–water partition coefficient (Wildman–Crippen LogP) is 2.64. The summed E-state index contributed by atoms with van der Waals surface area (Å²) in [6.07, 6.45) is -4.53. The highest BCUT2D eigenvalue weighted by Gasteiger charge is 2.35. The predicted molar refractivity (Wildman–Crippen MR) is 43.4 cm³/mol. The van der Waals surface area contributed by atoms with Crippen LogP contribution >= 0.6 is 11.6 Å². The van der Waals surface area contributed by atoms with E-state index < -0.39 is 16.9 Å². The second-order valence-electron chi connectivity index (χ2n) is 2.49. The molecular formula is C7H6ClF3N2. The summed E-state index contributed by atoms with van der Waals surface area (Å²) < 4.78 is 36.5. The van der Waals surface area contributed by atoms with Gasteiger partial charge < -0.3 is 5.73 Å².